The second-order valence-electron chi connectivity index (χ2n) is 9.81. The molecule has 6 aromatic rings. The minimum atomic E-state index is 0.487. The number of hydrogen-bond acceptors (Lipinski definition) is 0. The van der Waals surface area contributed by atoms with Gasteiger partial charge < -0.3 is 4.40 Å². The first-order valence-electron chi connectivity index (χ1n) is 11.3. The molecule has 0 saturated heterocycles. The van der Waals surface area contributed by atoms with Crippen molar-refractivity contribution in [1.82, 2.24) is 4.40 Å². The van der Waals surface area contributed by atoms with Gasteiger partial charge in [-0.25, -0.2) is 4.57 Å². The molecule has 3 aromatic heterocycles. The van der Waals surface area contributed by atoms with Crippen LogP contribution in [0.4, 0.5) is 0 Å². The third-order valence-corrected chi connectivity index (χ3v) is 7.57. The molecular weight excluding hydrogens is 376 g/mol. The molecule has 2 heteroatoms. The summed E-state index contributed by atoms with van der Waals surface area (Å²) in [6.45, 7) is 13.6. The van der Waals surface area contributed by atoms with Gasteiger partial charge in [0.15, 0.2) is 6.20 Å². The van der Waals surface area contributed by atoms with Crippen LogP contribution in [0.1, 0.15) is 47.6 Å². The number of aromatic nitrogens is 2. The Hall–Kier alpha value is -3.13. The van der Waals surface area contributed by atoms with E-state index < -0.39 is 0 Å². The summed E-state index contributed by atoms with van der Waals surface area (Å²) in [6, 6.07) is 14.3. The zero-order chi connectivity index (χ0) is 21.8. The van der Waals surface area contributed by atoms with Crippen LogP contribution in [0.5, 0.6) is 0 Å². The van der Waals surface area contributed by atoms with Gasteiger partial charge in [-0.05, 0) is 91.1 Å². The number of benzene rings is 3. The lowest BCUT2D eigenvalue weighted by molar-refractivity contribution is -0.643. The Morgan fingerprint density at radius 3 is 2.23 bits per heavy atom. The molecule has 0 atom stereocenters. The molecule has 0 spiro atoms. The molecule has 0 fully saturated rings. The Balaban J connectivity index is 2.09. The lowest BCUT2D eigenvalue weighted by Gasteiger charge is -2.16. The van der Waals surface area contributed by atoms with E-state index in [2.05, 4.69) is 100 Å². The Morgan fingerprint density at radius 1 is 0.774 bits per heavy atom. The molecule has 0 radical (unpaired) electrons. The van der Waals surface area contributed by atoms with Crippen molar-refractivity contribution in [3.05, 3.63) is 70.4 Å². The van der Waals surface area contributed by atoms with Crippen LogP contribution in [0.25, 0.3) is 49.0 Å². The highest BCUT2D eigenvalue weighted by molar-refractivity contribution is 6.26. The number of hydrogen-bond donors (Lipinski definition) is 0. The fourth-order valence-electron chi connectivity index (χ4n) is 5.52. The predicted molar refractivity (Wildman–Crippen MR) is 133 cm³/mol. The summed E-state index contributed by atoms with van der Waals surface area (Å²) in [5.41, 5.74) is 12.2. The standard InChI is InChI=1S/C29H29N2/c1-15(2)21-13-20-8-9-30(7)29-26-19(6)18(5)11-23-22-10-16(3)17(4)12-24(22)31(28(23)26)25(14-21)27(20)29/h8-15H,1-7H3/q+1. The quantitative estimate of drug-likeness (QED) is 0.156. The molecule has 0 aliphatic heterocycles. The maximum Gasteiger partial charge on any atom is 0.224 e. The third-order valence-electron chi connectivity index (χ3n) is 7.57. The molecule has 154 valence electrons. The summed E-state index contributed by atoms with van der Waals surface area (Å²) in [7, 11) is 2.19. The Bertz CT molecular complexity index is 1700. The van der Waals surface area contributed by atoms with Crippen LogP contribution in [0.2, 0.25) is 0 Å². The fourth-order valence-corrected chi connectivity index (χ4v) is 5.52. The number of nitrogens with zero attached hydrogens (tertiary/aromatic N) is 2. The van der Waals surface area contributed by atoms with E-state index in [4.69, 9.17) is 0 Å². The van der Waals surface area contributed by atoms with Crippen LogP contribution in [-0.2, 0) is 7.05 Å². The van der Waals surface area contributed by atoms with Crippen molar-refractivity contribution in [2.75, 3.05) is 0 Å². The zero-order valence-corrected chi connectivity index (χ0v) is 19.5. The number of rotatable bonds is 1. The highest BCUT2D eigenvalue weighted by atomic mass is 15.0. The van der Waals surface area contributed by atoms with Crippen LogP contribution in [0.15, 0.2) is 42.6 Å². The van der Waals surface area contributed by atoms with Crippen molar-refractivity contribution in [3.63, 3.8) is 0 Å². The number of pyridine rings is 2. The van der Waals surface area contributed by atoms with Crippen molar-refractivity contribution < 1.29 is 4.57 Å². The van der Waals surface area contributed by atoms with E-state index in [1.165, 1.54) is 76.8 Å². The first kappa shape index (κ1) is 18.6. The maximum absolute atomic E-state index is 2.56. The van der Waals surface area contributed by atoms with Gasteiger partial charge in [0.05, 0.1) is 27.3 Å². The molecule has 3 aromatic carbocycles. The summed E-state index contributed by atoms with van der Waals surface area (Å²) >= 11 is 0. The van der Waals surface area contributed by atoms with E-state index in [0.29, 0.717) is 5.92 Å². The Morgan fingerprint density at radius 2 is 1.48 bits per heavy atom. The summed E-state index contributed by atoms with van der Waals surface area (Å²) in [4.78, 5) is 0. The Labute approximate surface area is 183 Å². The molecule has 3 heterocycles. The van der Waals surface area contributed by atoms with Gasteiger partial charge in [-0.1, -0.05) is 19.9 Å². The van der Waals surface area contributed by atoms with Crippen molar-refractivity contribution in [2.45, 2.75) is 47.5 Å². The molecule has 0 amide bonds. The minimum Gasteiger partial charge on any atom is -0.307 e. The molecule has 0 unspecified atom stereocenters. The monoisotopic (exact) mass is 405 g/mol. The van der Waals surface area contributed by atoms with E-state index in [0.717, 1.165) is 0 Å². The minimum absolute atomic E-state index is 0.487. The molecule has 2 nitrogen and oxygen atoms in total. The second kappa shape index (κ2) is 5.97. The first-order valence-corrected chi connectivity index (χ1v) is 11.3. The molecule has 6 rings (SSSR count). The van der Waals surface area contributed by atoms with E-state index in [1.54, 1.807) is 0 Å². The fraction of sp³-hybridized carbons (Fsp3) is 0.276. The largest absolute Gasteiger partial charge is 0.307 e. The highest BCUT2D eigenvalue weighted by Crippen LogP contribution is 2.42. The van der Waals surface area contributed by atoms with Crippen molar-refractivity contribution in [3.8, 4) is 0 Å². The maximum atomic E-state index is 2.56. The first-order chi connectivity index (χ1) is 14.8. The van der Waals surface area contributed by atoms with Gasteiger partial charge in [0.25, 0.3) is 0 Å². The van der Waals surface area contributed by atoms with Gasteiger partial charge in [-0.2, -0.15) is 0 Å². The number of aryl methyl sites for hydroxylation is 5. The predicted octanol–water partition coefficient (Wildman–Crippen LogP) is 7.17. The van der Waals surface area contributed by atoms with E-state index >= 15 is 0 Å². The highest BCUT2D eigenvalue weighted by Gasteiger charge is 2.25. The van der Waals surface area contributed by atoms with Crippen LogP contribution in [0.3, 0.4) is 0 Å². The summed E-state index contributed by atoms with van der Waals surface area (Å²) in [5.74, 6) is 0.487. The van der Waals surface area contributed by atoms with Gasteiger partial charge in [-0.3, -0.25) is 0 Å². The summed E-state index contributed by atoms with van der Waals surface area (Å²) in [5, 5.41) is 6.82. The molecule has 0 aliphatic rings. The van der Waals surface area contributed by atoms with Gasteiger partial charge in [0.2, 0.25) is 5.52 Å². The summed E-state index contributed by atoms with van der Waals surface area (Å²) in [6.07, 6.45) is 2.23. The van der Waals surface area contributed by atoms with Crippen molar-refractivity contribution >= 4 is 49.0 Å². The Kier molecular flexibility index (Phi) is 3.59. The van der Waals surface area contributed by atoms with Crippen molar-refractivity contribution in [2.24, 2.45) is 7.05 Å². The second-order valence-corrected chi connectivity index (χ2v) is 9.81. The SMILES string of the molecule is Cc1cc2c3cc(C)c(C)c4c3n(c2cc1C)c1cc(C(C)C)cc2cc[n+](C)c4c21. The van der Waals surface area contributed by atoms with Crippen LogP contribution in [0, 0.1) is 27.7 Å². The number of fused-ring (bicyclic) bond motifs is 5. The lowest BCUT2D eigenvalue weighted by atomic mass is 9.94. The van der Waals surface area contributed by atoms with Crippen LogP contribution < -0.4 is 4.57 Å². The smallest absolute Gasteiger partial charge is 0.224 e. The molecular formula is C29H29N2+. The van der Waals surface area contributed by atoms with Gasteiger partial charge in [0, 0.05) is 16.8 Å². The van der Waals surface area contributed by atoms with Gasteiger partial charge in [0.1, 0.15) is 7.05 Å². The average Bonchev–Trinajstić information content (AvgIpc) is 3.03. The van der Waals surface area contributed by atoms with E-state index in [1.807, 2.05) is 0 Å². The molecule has 31 heavy (non-hydrogen) atoms. The normalized spacial score (nSPS) is 12.6. The van der Waals surface area contributed by atoms with Gasteiger partial charge in [-0.15, -0.1) is 0 Å². The van der Waals surface area contributed by atoms with Crippen LogP contribution >= 0.6 is 0 Å². The third kappa shape index (κ3) is 2.25. The molecule has 0 bridgehead atoms. The average molecular weight is 406 g/mol. The topological polar surface area (TPSA) is 8.29 Å². The van der Waals surface area contributed by atoms with E-state index in [9.17, 15) is 0 Å². The zero-order valence-electron chi connectivity index (χ0n) is 19.5. The summed E-state index contributed by atoms with van der Waals surface area (Å²) < 4.78 is 4.87. The van der Waals surface area contributed by atoms with Crippen LogP contribution in [-0.4, -0.2) is 4.40 Å². The molecule has 0 saturated carbocycles. The van der Waals surface area contributed by atoms with E-state index in [-0.39, 0.29) is 0 Å². The lowest BCUT2D eigenvalue weighted by Crippen LogP contribution is -2.29. The van der Waals surface area contributed by atoms with Crippen molar-refractivity contribution in [1.29, 1.82) is 0 Å². The molecule has 0 N–H and O–H groups in total. The van der Waals surface area contributed by atoms with Gasteiger partial charge >= 0.3 is 0 Å². The molecule has 0 aliphatic carbocycles.